The van der Waals surface area contributed by atoms with Crippen molar-refractivity contribution in [3.05, 3.63) is 0 Å². The van der Waals surface area contributed by atoms with E-state index >= 15 is 0 Å². The van der Waals surface area contributed by atoms with E-state index < -0.39 is 32.9 Å². The van der Waals surface area contributed by atoms with Crippen molar-refractivity contribution in [2.75, 3.05) is 87.2 Å². The highest BCUT2D eigenvalue weighted by Gasteiger charge is 2.40. The Morgan fingerprint density at radius 1 is 0.690 bits per heavy atom. The fourth-order valence-corrected chi connectivity index (χ4v) is 9.19. The third-order valence-electron chi connectivity index (χ3n) is 5.52. The first-order valence-electron chi connectivity index (χ1n) is 13.9. The lowest BCUT2D eigenvalue weighted by Crippen LogP contribution is -2.20. The molecule has 0 N–H and O–H groups in total. The summed E-state index contributed by atoms with van der Waals surface area (Å²) in [4.78, 5) is 0. The lowest BCUT2D eigenvalue weighted by atomic mass is 10.3. The molecule has 0 aromatic heterocycles. The molecular formula is C26H59O8P3S5. The molecule has 1 aliphatic heterocycles. The summed E-state index contributed by atoms with van der Waals surface area (Å²) >= 11 is 5.06. The maximum absolute atomic E-state index is 12.5. The molecule has 1 atom stereocenters. The molecule has 0 saturated carbocycles. The van der Waals surface area contributed by atoms with Gasteiger partial charge >= 0.3 is 15.2 Å². The van der Waals surface area contributed by atoms with Crippen molar-refractivity contribution in [2.45, 2.75) is 77.8 Å². The molecule has 1 heterocycles. The monoisotopic (exact) mass is 752 g/mol. The van der Waals surface area contributed by atoms with Crippen LogP contribution in [0.4, 0.5) is 0 Å². The zero-order valence-corrected chi connectivity index (χ0v) is 35.0. The SMILES string of the molecule is CC(C)(C)P1(=O)OCCSSCCO1.CSCCOP(=O)(OCCSC)C(C)(C)C.CSCCOP(C)(=O)C(C)(C)C. The molecule has 8 nitrogen and oxygen atoms in total. The summed E-state index contributed by atoms with van der Waals surface area (Å²) in [7, 11) is -4.84. The lowest BCUT2D eigenvalue weighted by molar-refractivity contribution is 0.205. The smallest absolute Gasteiger partial charge is 0.327 e. The van der Waals surface area contributed by atoms with Crippen LogP contribution in [0.25, 0.3) is 0 Å². The normalized spacial score (nSPS) is 18.2. The summed E-state index contributed by atoms with van der Waals surface area (Å²) in [5, 5.41) is -1.11. The Labute approximate surface area is 279 Å². The van der Waals surface area contributed by atoms with Gasteiger partial charge in [0.05, 0.1) is 43.3 Å². The van der Waals surface area contributed by atoms with Gasteiger partial charge in [0, 0.05) is 40.6 Å². The highest BCUT2D eigenvalue weighted by molar-refractivity contribution is 8.76. The molecule has 0 bridgehead atoms. The maximum atomic E-state index is 12.5. The molecule has 256 valence electrons. The summed E-state index contributed by atoms with van der Waals surface area (Å²) in [6, 6.07) is 0. The minimum atomic E-state index is -2.99. The first kappa shape index (κ1) is 46.4. The number of hydrogen-bond donors (Lipinski definition) is 0. The second-order valence-electron chi connectivity index (χ2n) is 12.1. The van der Waals surface area contributed by atoms with Crippen LogP contribution in [0.15, 0.2) is 0 Å². The minimum absolute atomic E-state index is 0.231. The summed E-state index contributed by atoms with van der Waals surface area (Å²) in [5.41, 5.74) is 0. The van der Waals surface area contributed by atoms with E-state index in [-0.39, 0.29) is 5.16 Å². The van der Waals surface area contributed by atoms with Crippen molar-refractivity contribution in [2.24, 2.45) is 0 Å². The Balaban J connectivity index is 0. The predicted molar refractivity (Wildman–Crippen MR) is 198 cm³/mol. The van der Waals surface area contributed by atoms with Crippen molar-refractivity contribution >= 4 is 79.4 Å². The van der Waals surface area contributed by atoms with Gasteiger partial charge in [0.25, 0.3) is 0 Å². The van der Waals surface area contributed by atoms with Gasteiger partial charge in [0.2, 0.25) is 7.37 Å². The maximum Gasteiger partial charge on any atom is 0.335 e. The molecule has 1 fully saturated rings. The van der Waals surface area contributed by atoms with E-state index in [1.165, 1.54) is 0 Å². The molecule has 1 aliphatic rings. The van der Waals surface area contributed by atoms with Gasteiger partial charge in [-0.15, -0.1) is 0 Å². The van der Waals surface area contributed by atoms with Gasteiger partial charge in [0.1, 0.15) is 0 Å². The Kier molecular flexibility index (Phi) is 25.1. The minimum Gasteiger partial charge on any atom is -0.327 e. The van der Waals surface area contributed by atoms with Crippen LogP contribution < -0.4 is 0 Å². The molecular weight excluding hydrogens is 694 g/mol. The third-order valence-corrected chi connectivity index (χ3v) is 18.1. The molecule has 0 amide bonds. The molecule has 1 saturated heterocycles. The Morgan fingerprint density at radius 2 is 1.05 bits per heavy atom. The molecule has 0 aliphatic carbocycles. The van der Waals surface area contributed by atoms with Crippen molar-refractivity contribution in [3.63, 3.8) is 0 Å². The fourth-order valence-electron chi connectivity index (χ4n) is 2.32. The summed E-state index contributed by atoms with van der Waals surface area (Å²) in [6.07, 6.45) is 6.01. The summed E-state index contributed by atoms with van der Waals surface area (Å²) in [5.74, 6) is 4.33. The Morgan fingerprint density at radius 3 is 1.33 bits per heavy atom. The predicted octanol–water partition coefficient (Wildman–Crippen LogP) is 10.2. The van der Waals surface area contributed by atoms with Crippen LogP contribution in [0, 0.1) is 0 Å². The van der Waals surface area contributed by atoms with E-state index in [0.29, 0.717) is 33.0 Å². The van der Waals surface area contributed by atoms with Gasteiger partial charge < -0.3 is 22.6 Å². The summed E-state index contributed by atoms with van der Waals surface area (Å²) < 4.78 is 63.9. The fraction of sp³-hybridized carbons (Fsp3) is 1.00. The first-order chi connectivity index (χ1) is 19.1. The molecule has 0 aromatic carbocycles. The number of hydrogen-bond acceptors (Lipinski definition) is 13. The second kappa shape index (κ2) is 22.7. The Hall–Kier alpha value is 2.24. The third kappa shape index (κ3) is 19.8. The van der Waals surface area contributed by atoms with Crippen molar-refractivity contribution in [1.82, 2.24) is 0 Å². The quantitative estimate of drug-likeness (QED) is 0.108. The largest absolute Gasteiger partial charge is 0.335 e. The van der Waals surface area contributed by atoms with Gasteiger partial charge in [-0.1, -0.05) is 42.4 Å². The molecule has 16 heteroatoms. The average molecular weight is 753 g/mol. The van der Waals surface area contributed by atoms with Crippen LogP contribution >= 0.6 is 79.4 Å². The van der Waals surface area contributed by atoms with Gasteiger partial charge in [0.15, 0.2) is 0 Å². The molecule has 0 radical (unpaired) electrons. The zero-order valence-electron chi connectivity index (χ0n) is 28.2. The number of rotatable bonds is 12. The van der Waals surface area contributed by atoms with Crippen LogP contribution in [0.5, 0.6) is 0 Å². The van der Waals surface area contributed by atoms with E-state index in [4.69, 9.17) is 22.6 Å². The molecule has 0 aromatic rings. The summed E-state index contributed by atoms with van der Waals surface area (Å²) in [6.45, 7) is 21.5. The first-order valence-corrected chi connectivity index (χ1v) is 25.7. The van der Waals surface area contributed by atoms with Crippen LogP contribution in [-0.4, -0.2) is 103 Å². The highest BCUT2D eigenvalue weighted by atomic mass is 33.1. The molecule has 1 rings (SSSR count). The highest BCUT2D eigenvalue weighted by Crippen LogP contribution is 2.60. The molecule has 0 spiro atoms. The van der Waals surface area contributed by atoms with Crippen molar-refractivity contribution in [3.8, 4) is 0 Å². The van der Waals surface area contributed by atoms with Crippen molar-refractivity contribution in [1.29, 1.82) is 0 Å². The topological polar surface area (TPSA) is 97.4 Å². The van der Waals surface area contributed by atoms with Gasteiger partial charge in [-0.3, -0.25) is 13.7 Å². The van der Waals surface area contributed by atoms with Gasteiger partial charge in [-0.25, -0.2) is 0 Å². The van der Waals surface area contributed by atoms with E-state index in [2.05, 4.69) is 0 Å². The van der Waals surface area contributed by atoms with Gasteiger partial charge in [-0.2, -0.15) is 35.3 Å². The van der Waals surface area contributed by atoms with Crippen LogP contribution in [0.2, 0.25) is 0 Å². The standard InChI is InChI=1S/C10H23O3PS2.C8H17O3PS2.C8H19O2PS/c1-10(2,3)14(11,12-6-8-15-4)13-7-9-16-5;1-8(2,3)12(9)10-4-6-13-14-7-5-11-12;1-8(2,3)11(4,9)10-6-7-12-5/h6-9H2,1-5H3;4-7H2,1-3H3;6-7H2,1-5H3. The zero-order chi connectivity index (χ0) is 33.1. The van der Waals surface area contributed by atoms with Crippen LogP contribution in [-0.2, 0) is 36.3 Å². The van der Waals surface area contributed by atoms with E-state index in [9.17, 15) is 13.7 Å². The Bertz CT molecular complexity index is 817. The van der Waals surface area contributed by atoms with E-state index in [0.717, 1.165) is 28.8 Å². The lowest BCUT2D eigenvalue weighted by Gasteiger charge is -2.29. The van der Waals surface area contributed by atoms with Gasteiger partial charge in [-0.05, 0) is 60.3 Å². The second-order valence-corrected chi connectivity index (χ2v) is 26.8. The van der Waals surface area contributed by atoms with Crippen LogP contribution in [0.3, 0.4) is 0 Å². The van der Waals surface area contributed by atoms with E-state index in [1.807, 2.05) is 81.1 Å². The number of thioether (sulfide) groups is 3. The van der Waals surface area contributed by atoms with Crippen molar-refractivity contribution < 1.29 is 36.3 Å². The average Bonchev–Trinajstić information content (AvgIpc) is 2.96. The molecule has 1 unspecified atom stereocenters. The molecule has 42 heavy (non-hydrogen) atoms. The van der Waals surface area contributed by atoms with E-state index in [1.54, 1.807) is 63.5 Å². The van der Waals surface area contributed by atoms with Crippen LogP contribution in [0.1, 0.15) is 62.3 Å².